The maximum atomic E-state index is 13.3. The Kier molecular flexibility index (Phi) is 14.2. The molecule has 6 heterocycles. The number of nitrogens with zero attached hydrogens (tertiary/aromatic N) is 2. The molecule has 0 aromatic heterocycles. The predicted octanol–water partition coefficient (Wildman–Crippen LogP) is 5.03. The fourth-order valence-corrected chi connectivity index (χ4v) is 12.8. The largest absolute Gasteiger partial charge is 0.376 e. The van der Waals surface area contributed by atoms with Crippen LogP contribution < -0.4 is 0 Å². The Morgan fingerprint density at radius 3 is 1.22 bits per heavy atom. The van der Waals surface area contributed by atoms with Gasteiger partial charge in [-0.2, -0.15) is 0 Å². The van der Waals surface area contributed by atoms with Crippen LogP contribution in [0.25, 0.3) is 0 Å². The van der Waals surface area contributed by atoms with E-state index >= 15 is 0 Å². The topological polar surface area (TPSA) is 149 Å². The van der Waals surface area contributed by atoms with Gasteiger partial charge >= 0.3 is 0 Å². The van der Waals surface area contributed by atoms with Crippen molar-refractivity contribution in [2.75, 3.05) is 51.9 Å². The molecule has 0 radical (unpaired) electrons. The number of methoxy groups -OCH3 is 2. The molecule has 0 bridgehead atoms. The number of benzene rings is 2. The molecule has 16 heteroatoms. The highest BCUT2D eigenvalue weighted by Gasteiger charge is 2.59. The van der Waals surface area contributed by atoms with Crippen molar-refractivity contribution in [3.8, 4) is 0 Å². The van der Waals surface area contributed by atoms with Crippen LogP contribution >= 0.6 is 0 Å². The highest BCUT2D eigenvalue weighted by Crippen LogP contribution is 2.42. The van der Waals surface area contributed by atoms with Crippen molar-refractivity contribution in [3.05, 3.63) is 59.7 Å². The summed E-state index contributed by atoms with van der Waals surface area (Å²) in [5, 5.41) is 0. The first-order valence-electron chi connectivity index (χ1n) is 21.5. The van der Waals surface area contributed by atoms with Crippen LogP contribution in [-0.2, 0) is 57.6 Å². The molecule has 0 N–H and O–H groups in total. The Bertz CT molecular complexity index is 1810. The Morgan fingerprint density at radius 1 is 0.567 bits per heavy atom. The van der Waals surface area contributed by atoms with E-state index in [2.05, 4.69) is 9.80 Å². The number of ether oxygens (including phenoxy) is 8. The summed E-state index contributed by atoms with van der Waals surface area (Å²) in [6.07, 6.45) is 3.03. The number of sulfone groups is 2. The molecule has 6 aliphatic heterocycles. The lowest BCUT2D eigenvalue weighted by Crippen LogP contribution is -2.54. The van der Waals surface area contributed by atoms with Gasteiger partial charge in [0.2, 0.25) is 0 Å². The lowest BCUT2D eigenvalue weighted by atomic mass is 10.0. The first kappa shape index (κ1) is 45.9. The van der Waals surface area contributed by atoms with E-state index in [1.165, 1.54) is 12.8 Å². The molecule has 0 aliphatic carbocycles. The van der Waals surface area contributed by atoms with Crippen LogP contribution in [0, 0.1) is 13.8 Å². The van der Waals surface area contributed by atoms with Crippen LogP contribution in [0.4, 0.5) is 0 Å². The average Bonchev–Trinajstić information content (AvgIpc) is 3.90. The zero-order valence-electron chi connectivity index (χ0n) is 36.5. The summed E-state index contributed by atoms with van der Waals surface area (Å²) in [5.41, 5.74) is 2.06. The second-order valence-corrected chi connectivity index (χ2v) is 22.1. The Labute approximate surface area is 357 Å². The van der Waals surface area contributed by atoms with Crippen molar-refractivity contribution in [2.45, 2.75) is 163 Å². The number of hydrogen-bond acceptors (Lipinski definition) is 14. The molecule has 0 saturated carbocycles. The van der Waals surface area contributed by atoms with Gasteiger partial charge in [-0.15, -0.1) is 0 Å². The van der Waals surface area contributed by atoms with E-state index in [9.17, 15) is 16.8 Å². The molecule has 2 aromatic rings. The summed E-state index contributed by atoms with van der Waals surface area (Å²) in [4.78, 5) is 5.18. The predicted molar refractivity (Wildman–Crippen MR) is 224 cm³/mol. The summed E-state index contributed by atoms with van der Waals surface area (Å²) in [6, 6.07) is 13.4. The summed E-state index contributed by atoms with van der Waals surface area (Å²) >= 11 is 0. The monoisotopic (exact) mass is 878 g/mol. The van der Waals surface area contributed by atoms with Crippen molar-refractivity contribution >= 4 is 19.7 Å². The minimum absolute atomic E-state index is 0.0244. The molecule has 0 unspecified atom stereocenters. The molecular formula is C44H66N2O12S2. The van der Waals surface area contributed by atoms with Crippen molar-refractivity contribution in [3.63, 3.8) is 0 Å². The summed E-state index contributed by atoms with van der Waals surface area (Å²) in [6.45, 7) is 14.7. The Morgan fingerprint density at radius 2 is 0.900 bits per heavy atom. The van der Waals surface area contributed by atoms with E-state index in [1.54, 1.807) is 38.5 Å². The molecule has 0 spiro atoms. The van der Waals surface area contributed by atoms with E-state index in [4.69, 9.17) is 37.9 Å². The summed E-state index contributed by atoms with van der Waals surface area (Å²) in [5.74, 6) is -1.54. The number of aryl methyl sites for hydroxylation is 2. The molecule has 6 aliphatic rings. The fraction of sp³-hybridized carbons (Fsp3) is 0.727. The van der Waals surface area contributed by atoms with Gasteiger partial charge in [0, 0.05) is 14.2 Å². The molecular weight excluding hydrogens is 813 g/mol. The average molecular weight is 879 g/mol. The van der Waals surface area contributed by atoms with E-state index < -0.39 is 68.2 Å². The van der Waals surface area contributed by atoms with Crippen LogP contribution in [0.15, 0.2) is 58.3 Å². The molecule has 0 amide bonds. The second kappa shape index (κ2) is 18.6. The Balaban J connectivity index is 0.000000181. The van der Waals surface area contributed by atoms with Gasteiger partial charge in [0.1, 0.15) is 36.6 Å². The van der Waals surface area contributed by atoms with E-state index in [1.807, 2.05) is 65.8 Å². The first-order chi connectivity index (χ1) is 28.4. The molecule has 14 nitrogen and oxygen atoms in total. The van der Waals surface area contributed by atoms with Gasteiger partial charge in [-0.1, -0.05) is 48.2 Å². The minimum Gasteiger partial charge on any atom is -0.376 e. The van der Waals surface area contributed by atoms with Crippen LogP contribution in [-0.4, -0.2) is 151 Å². The SMILES string of the molecule is CO[C@@H]1[C@H]2OC(C)(C)O[C@H]2O[C@@H]1[C@H](CS(=O)(=O)c1ccc(C)cc1)N1CCCCC1.CO[C@@H]1[C@H]2OC(C)(C)O[C@H]2O[C@@H]1[C@H](CS(=O)(=O)c1ccc(C)cc1)N1CCCCC1. The maximum Gasteiger partial charge on any atom is 0.190 e. The number of hydrogen-bond donors (Lipinski definition) is 0. The van der Waals surface area contributed by atoms with Gasteiger partial charge in [-0.25, -0.2) is 16.8 Å². The summed E-state index contributed by atoms with van der Waals surface area (Å²) < 4.78 is 101. The fourth-order valence-electron chi connectivity index (χ4n) is 9.61. The lowest BCUT2D eigenvalue weighted by Gasteiger charge is -2.39. The molecule has 10 atom stereocenters. The zero-order valence-corrected chi connectivity index (χ0v) is 38.1. The molecule has 8 rings (SSSR count). The number of rotatable bonds is 12. The standard InChI is InChI=1S/2C22H33NO6S/c2*1-15-8-10-16(11-9-15)30(24,25)14-17(23-12-6-5-7-13-23)18-19(26-4)20-21(27-18)29-22(2,3)28-20/h2*8-11,17-21H,5-7,12-14H2,1-4H3/t2*17-,18+,19-,20+,21+/m00/s1. The van der Waals surface area contributed by atoms with Gasteiger partial charge in [-0.3, -0.25) is 9.80 Å². The second-order valence-electron chi connectivity index (χ2n) is 18.1. The van der Waals surface area contributed by atoms with Crippen LogP contribution in [0.3, 0.4) is 0 Å². The van der Waals surface area contributed by atoms with Crippen LogP contribution in [0.5, 0.6) is 0 Å². The third kappa shape index (κ3) is 10.3. The number of fused-ring (bicyclic) bond motifs is 2. The molecule has 6 saturated heterocycles. The van der Waals surface area contributed by atoms with Crippen LogP contribution in [0.1, 0.15) is 77.3 Å². The van der Waals surface area contributed by atoms with Gasteiger partial charge < -0.3 is 37.9 Å². The lowest BCUT2D eigenvalue weighted by molar-refractivity contribution is -0.223. The molecule has 2 aromatic carbocycles. The highest BCUT2D eigenvalue weighted by molar-refractivity contribution is 7.91. The minimum atomic E-state index is -3.50. The molecule has 6 fully saturated rings. The quantitative estimate of drug-likeness (QED) is 0.281. The van der Waals surface area contributed by atoms with Crippen molar-refractivity contribution in [1.82, 2.24) is 9.80 Å². The van der Waals surface area contributed by atoms with E-state index in [-0.39, 0.29) is 35.8 Å². The van der Waals surface area contributed by atoms with E-state index in [0.717, 1.165) is 63.0 Å². The maximum absolute atomic E-state index is 13.3. The van der Waals surface area contributed by atoms with Gasteiger partial charge in [0.25, 0.3) is 0 Å². The number of piperidine rings is 2. The molecule has 336 valence electrons. The van der Waals surface area contributed by atoms with Gasteiger partial charge in [0.05, 0.1) is 33.4 Å². The smallest absolute Gasteiger partial charge is 0.190 e. The van der Waals surface area contributed by atoms with Crippen molar-refractivity contribution in [2.24, 2.45) is 0 Å². The zero-order chi connectivity index (χ0) is 43.0. The molecule has 60 heavy (non-hydrogen) atoms. The Hall–Kier alpha value is -2.06. The third-order valence-electron chi connectivity index (χ3n) is 12.6. The van der Waals surface area contributed by atoms with Gasteiger partial charge in [0.15, 0.2) is 43.8 Å². The number of likely N-dealkylation sites (tertiary alicyclic amines) is 2. The normalized spacial score (nSPS) is 32.8. The summed E-state index contributed by atoms with van der Waals surface area (Å²) in [7, 11) is -3.75. The van der Waals surface area contributed by atoms with Crippen molar-refractivity contribution < 1.29 is 54.7 Å². The third-order valence-corrected chi connectivity index (χ3v) is 16.2. The highest BCUT2D eigenvalue weighted by atomic mass is 32.2. The van der Waals surface area contributed by atoms with Gasteiger partial charge in [-0.05, 0) is 118 Å². The van der Waals surface area contributed by atoms with Crippen LogP contribution in [0.2, 0.25) is 0 Å². The van der Waals surface area contributed by atoms with E-state index in [0.29, 0.717) is 9.79 Å². The first-order valence-corrected chi connectivity index (χ1v) is 24.9. The van der Waals surface area contributed by atoms with Crippen molar-refractivity contribution in [1.29, 1.82) is 0 Å².